The summed E-state index contributed by atoms with van der Waals surface area (Å²) in [5.74, 6) is 0.204. The van der Waals surface area contributed by atoms with Crippen LogP contribution >= 0.6 is 0 Å². The lowest BCUT2D eigenvalue weighted by molar-refractivity contribution is -0.134. The molecule has 2 aliphatic heterocycles. The Morgan fingerprint density at radius 1 is 1.18 bits per heavy atom. The van der Waals surface area contributed by atoms with Crippen LogP contribution in [-0.4, -0.2) is 69.8 Å². The zero-order valence-electron chi connectivity index (χ0n) is 16.0. The first-order valence-corrected chi connectivity index (χ1v) is 10.1. The van der Waals surface area contributed by atoms with Crippen molar-refractivity contribution >= 4 is 5.91 Å². The summed E-state index contributed by atoms with van der Waals surface area (Å²) in [6.45, 7) is 3.46. The van der Waals surface area contributed by atoms with Gasteiger partial charge in [0.25, 0.3) is 0 Å². The van der Waals surface area contributed by atoms with Crippen LogP contribution in [0, 0.1) is 5.82 Å². The maximum absolute atomic E-state index is 13.6. The standard InChI is InChI=1S/C21H27FN4O2/c22-17-3-1-2-16(12-17)19-13-23-24-21(19)15-4-10-26(11-5-15)20(28)14-25-8-6-18(27)7-9-25/h1-3,12-13,15,18,27H,4-11,14H2,(H,23,24). The van der Waals surface area contributed by atoms with Crippen molar-refractivity contribution < 1.29 is 14.3 Å². The summed E-state index contributed by atoms with van der Waals surface area (Å²) >= 11 is 0. The Labute approximate surface area is 164 Å². The highest BCUT2D eigenvalue weighted by Crippen LogP contribution is 2.34. The third-order valence-electron chi connectivity index (χ3n) is 5.98. The molecule has 0 saturated carbocycles. The Hall–Kier alpha value is -2.25. The maximum Gasteiger partial charge on any atom is 0.236 e. The highest BCUT2D eigenvalue weighted by Gasteiger charge is 2.28. The molecule has 2 fully saturated rings. The van der Waals surface area contributed by atoms with E-state index in [1.165, 1.54) is 12.1 Å². The van der Waals surface area contributed by atoms with Gasteiger partial charge in [0.05, 0.1) is 18.8 Å². The number of nitrogens with one attached hydrogen (secondary N) is 1. The lowest BCUT2D eigenvalue weighted by Crippen LogP contribution is -2.46. The normalized spacial score (nSPS) is 19.9. The minimum Gasteiger partial charge on any atom is -0.393 e. The highest BCUT2D eigenvalue weighted by molar-refractivity contribution is 5.78. The summed E-state index contributed by atoms with van der Waals surface area (Å²) in [6.07, 6.45) is 4.77. The van der Waals surface area contributed by atoms with E-state index in [4.69, 9.17) is 0 Å². The van der Waals surface area contributed by atoms with Gasteiger partial charge in [-0.2, -0.15) is 5.10 Å². The Morgan fingerprint density at radius 2 is 1.93 bits per heavy atom. The fourth-order valence-corrected chi connectivity index (χ4v) is 4.28. The molecule has 0 spiro atoms. The number of benzene rings is 1. The number of amides is 1. The molecule has 28 heavy (non-hydrogen) atoms. The summed E-state index contributed by atoms with van der Waals surface area (Å²) in [5, 5.41) is 16.9. The molecule has 2 aliphatic rings. The summed E-state index contributed by atoms with van der Waals surface area (Å²) < 4.78 is 13.6. The number of piperidine rings is 2. The second-order valence-electron chi connectivity index (χ2n) is 7.87. The molecular formula is C21H27FN4O2. The molecule has 0 atom stereocenters. The van der Waals surface area contributed by atoms with Gasteiger partial charge in [-0.05, 0) is 43.4 Å². The number of carbonyl (C=O) groups excluding carboxylic acids is 1. The van der Waals surface area contributed by atoms with E-state index in [1.54, 1.807) is 12.3 Å². The van der Waals surface area contributed by atoms with Crippen LogP contribution in [0.1, 0.15) is 37.3 Å². The zero-order chi connectivity index (χ0) is 19.5. The smallest absolute Gasteiger partial charge is 0.236 e. The molecule has 0 radical (unpaired) electrons. The van der Waals surface area contributed by atoms with Gasteiger partial charge in [-0.25, -0.2) is 4.39 Å². The molecule has 0 bridgehead atoms. The molecule has 1 amide bonds. The molecule has 2 saturated heterocycles. The molecule has 4 rings (SSSR count). The van der Waals surface area contributed by atoms with Gasteiger partial charge in [-0.1, -0.05) is 12.1 Å². The van der Waals surface area contributed by atoms with E-state index < -0.39 is 0 Å². The van der Waals surface area contributed by atoms with Gasteiger partial charge in [-0.15, -0.1) is 0 Å². The van der Waals surface area contributed by atoms with Crippen molar-refractivity contribution in [2.45, 2.75) is 37.7 Å². The third-order valence-corrected chi connectivity index (χ3v) is 5.98. The number of carbonyl (C=O) groups is 1. The molecule has 150 valence electrons. The fourth-order valence-electron chi connectivity index (χ4n) is 4.28. The number of aromatic amines is 1. The van der Waals surface area contributed by atoms with Gasteiger partial charge in [0, 0.05) is 43.4 Å². The minimum atomic E-state index is -0.254. The average molecular weight is 386 g/mol. The predicted octanol–water partition coefficient (Wildman–Crippen LogP) is 2.38. The van der Waals surface area contributed by atoms with Gasteiger partial charge in [0.2, 0.25) is 5.91 Å². The number of hydrogen-bond acceptors (Lipinski definition) is 4. The number of likely N-dealkylation sites (tertiary alicyclic amines) is 2. The molecule has 7 heteroatoms. The minimum absolute atomic E-state index is 0.171. The number of H-pyrrole nitrogens is 1. The van der Waals surface area contributed by atoms with E-state index in [0.717, 1.165) is 68.7 Å². The van der Waals surface area contributed by atoms with Crippen LogP contribution in [-0.2, 0) is 4.79 Å². The van der Waals surface area contributed by atoms with Crippen LogP contribution in [0.3, 0.4) is 0 Å². The van der Waals surface area contributed by atoms with Crippen molar-refractivity contribution in [3.05, 3.63) is 42.0 Å². The van der Waals surface area contributed by atoms with Crippen LogP contribution in [0.5, 0.6) is 0 Å². The van der Waals surface area contributed by atoms with E-state index >= 15 is 0 Å². The molecule has 0 unspecified atom stereocenters. The van der Waals surface area contributed by atoms with Gasteiger partial charge in [0.1, 0.15) is 5.82 Å². The number of nitrogens with zero attached hydrogens (tertiary/aromatic N) is 3. The molecule has 2 N–H and O–H groups in total. The maximum atomic E-state index is 13.6. The van der Waals surface area contributed by atoms with Gasteiger partial charge in [0.15, 0.2) is 0 Å². The molecule has 6 nitrogen and oxygen atoms in total. The fraction of sp³-hybridized carbons (Fsp3) is 0.524. The first kappa shape index (κ1) is 19.1. The van der Waals surface area contributed by atoms with Crippen LogP contribution < -0.4 is 0 Å². The topological polar surface area (TPSA) is 72.5 Å². The summed E-state index contributed by atoms with van der Waals surface area (Å²) in [4.78, 5) is 16.7. The first-order chi connectivity index (χ1) is 13.6. The van der Waals surface area contributed by atoms with E-state index in [9.17, 15) is 14.3 Å². The first-order valence-electron chi connectivity index (χ1n) is 10.1. The van der Waals surface area contributed by atoms with Crippen molar-refractivity contribution in [2.24, 2.45) is 0 Å². The van der Waals surface area contributed by atoms with Crippen LogP contribution in [0.25, 0.3) is 11.1 Å². The molecule has 1 aromatic heterocycles. The molecule has 0 aliphatic carbocycles. The van der Waals surface area contributed by atoms with Gasteiger partial charge >= 0.3 is 0 Å². The van der Waals surface area contributed by atoms with E-state index in [2.05, 4.69) is 15.1 Å². The third kappa shape index (κ3) is 4.25. The second kappa shape index (κ2) is 8.41. The Bertz CT molecular complexity index is 808. The SMILES string of the molecule is O=C(CN1CCC(O)CC1)N1CCC(c2[nH]ncc2-c2cccc(F)c2)CC1. The highest BCUT2D eigenvalue weighted by atomic mass is 19.1. The van der Waals surface area contributed by atoms with E-state index in [0.29, 0.717) is 6.54 Å². The Morgan fingerprint density at radius 3 is 2.64 bits per heavy atom. The van der Waals surface area contributed by atoms with Crippen LogP contribution in [0.4, 0.5) is 4.39 Å². The van der Waals surface area contributed by atoms with E-state index in [1.807, 2.05) is 11.0 Å². The summed E-state index contributed by atoms with van der Waals surface area (Å²) in [7, 11) is 0. The number of rotatable bonds is 4. The summed E-state index contributed by atoms with van der Waals surface area (Å²) in [6, 6.07) is 6.58. The average Bonchev–Trinajstić information content (AvgIpc) is 3.20. The Kier molecular flexibility index (Phi) is 5.73. The molecule has 2 aromatic rings. The number of hydrogen-bond donors (Lipinski definition) is 2. The summed E-state index contributed by atoms with van der Waals surface area (Å²) in [5.41, 5.74) is 2.80. The quantitative estimate of drug-likeness (QED) is 0.846. The van der Waals surface area contributed by atoms with Crippen molar-refractivity contribution in [3.8, 4) is 11.1 Å². The number of halogens is 1. The van der Waals surface area contributed by atoms with Crippen LogP contribution in [0.2, 0.25) is 0 Å². The van der Waals surface area contributed by atoms with E-state index in [-0.39, 0.29) is 23.7 Å². The van der Waals surface area contributed by atoms with Crippen molar-refractivity contribution in [2.75, 3.05) is 32.7 Å². The molecule has 1 aromatic carbocycles. The largest absolute Gasteiger partial charge is 0.393 e. The van der Waals surface area contributed by atoms with Crippen molar-refractivity contribution in [3.63, 3.8) is 0 Å². The van der Waals surface area contributed by atoms with Crippen molar-refractivity contribution in [1.82, 2.24) is 20.0 Å². The monoisotopic (exact) mass is 386 g/mol. The Balaban J connectivity index is 1.35. The lowest BCUT2D eigenvalue weighted by Gasteiger charge is -2.35. The lowest BCUT2D eigenvalue weighted by atomic mass is 9.89. The number of aromatic nitrogens is 2. The van der Waals surface area contributed by atoms with Gasteiger partial charge in [-0.3, -0.25) is 14.8 Å². The zero-order valence-corrected chi connectivity index (χ0v) is 16.0. The van der Waals surface area contributed by atoms with Crippen LogP contribution in [0.15, 0.2) is 30.5 Å². The predicted molar refractivity (Wildman–Crippen MR) is 104 cm³/mol. The number of aliphatic hydroxyl groups excluding tert-OH is 1. The van der Waals surface area contributed by atoms with Gasteiger partial charge < -0.3 is 10.0 Å². The second-order valence-corrected chi connectivity index (χ2v) is 7.87. The number of aliphatic hydroxyl groups is 1. The molecule has 3 heterocycles. The molecular weight excluding hydrogens is 359 g/mol. The van der Waals surface area contributed by atoms with Crippen molar-refractivity contribution in [1.29, 1.82) is 0 Å².